The van der Waals surface area contributed by atoms with Crippen LogP contribution in [0.5, 0.6) is 0 Å². The fraction of sp³-hybridized carbons (Fsp3) is 0.375. The molecule has 0 aliphatic carbocycles. The molecule has 0 aromatic heterocycles. The molecular weight excluding hydrogens is 238 g/mol. The minimum absolute atomic E-state index is 0.257. The van der Waals surface area contributed by atoms with Gasteiger partial charge >= 0.3 is 5.97 Å². The first kappa shape index (κ1) is 13.5. The molecular formula is C16H19NO2. The summed E-state index contributed by atoms with van der Waals surface area (Å²) in [7, 11) is 0. The summed E-state index contributed by atoms with van der Waals surface area (Å²) in [6.07, 6.45) is 1.80. The van der Waals surface area contributed by atoms with Gasteiger partial charge in [-0.25, -0.2) is 9.79 Å². The predicted octanol–water partition coefficient (Wildman–Crippen LogP) is 3.65. The second kappa shape index (κ2) is 4.65. The van der Waals surface area contributed by atoms with Gasteiger partial charge in [0.05, 0.1) is 0 Å². The average molecular weight is 257 g/mol. The molecule has 3 heteroatoms. The third kappa shape index (κ3) is 2.92. The average Bonchev–Trinajstić information content (AvgIpc) is 2.65. The normalized spacial score (nSPS) is 17.6. The summed E-state index contributed by atoms with van der Waals surface area (Å²) in [6, 6.07) is 6.13. The van der Waals surface area contributed by atoms with Crippen molar-refractivity contribution in [1.82, 2.24) is 0 Å². The van der Waals surface area contributed by atoms with Gasteiger partial charge in [0.25, 0.3) is 0 Å². The number of aliphatic imine (C=N–C) groups is 1. The Morgan fingerprint density at radius 3 is 2.47 bits per heavy atom. The van der Waals surface area contributed by atoms with E-state index in [1.807, 2.05) is 52.8 Å². The molecule has 0 radical (unpaired) electrons. The summed E-state index contributed by atoms with van der Waals surface area (Å²) >= 11 is 0. The highest BCUT2D eigenvalue weighted by Crippen LogP contribution is 2.26. The van der Waals surface area contributed by atoms with Crippen LogP contribution < -0.4 is 0 Å². The van der Waals surface area contributed by atoms with Gasteiger partial charge < -0.3 is 4.74 Å². The van der Waals surface area contributed by atoms with E-state index in [9.17, 15) is 4.79 Å². The molecule has 0 bridgehead atoms. The van der Waals surface area contributed by atoms with E-state index >= 15 is 0 Å². The zero-order chi connectivity index (χ0) is 14.2. The Kier molecular flexibility index (Phi) is 3.31. The van der Waals surface area contributed by atoms with E-state index in [4.69, 9.17) is 4.74 Å². The maximum Gasteiger partial charge on any atom is 0.363 e. The maximum atomic E-state index is 11.8. The van der Waals surface area contributed by atoms with E-state index in [1.165, 1.54) is 0 Å². The molecule has 1 aromatic rings. The van der Waals surface area contributed by atoms with E-state index in [0.717, 1.165) is 16.7 Å². The second-order valence-electron chi connectivity index (χ2n) is 5.95. The number of ether oxygens (including phenoxy) is 1. The number of cyclic esters (lactones) is 1. The van der Waals surface area contributed by atoms with Gasteiger partial charge in [0.15, 0.2) is 5.70 Å². The fourth-order valence-corrected chi connectivity index (χ4v) is 1.79. The Morgan fingerprint density at radius 1 is 1.21 bits per heavy atom. The molecule has 1 aliphatic heterocycles. The Morgan fingerprint density at radius 2 is 1.89 bits per heavy atom. The lowest BCUT2D eigenvalue weighted by molar-refractivity contribution is -0.130. The zero-order valence-corrected chi connectivity index (χ0v) is 12.1. The van der Waals surface area contributed by atoms with E-state index in [-0.39, 0.29) is 11.4 Å². The molecule has 1 aromatic carbocycles. The third-order valence-corrected chi connectivity index (χ3v) is 2.99. The van der Waals surface area contributed by atoms with Crippen LogP contribution in [0, 0.1) is 19.3 Å². The molecule has 19 heavy (non-hydrogen) atoms. The number of hydrogen-bond donors (Lipinski definition) is 0. The van der Waals surface area contributed by atoms with Crippen LogP contribution in [0.25, 0.3) is 6.08 Å². The van der Waals surface area contributed by atoms with Crippen molar-refractivity contribution >= 4 is 17.9 Å². The smallest absolute Gasteiger partial charge is 0.363 e. The molecule has 0 N–H and O–H groups in total. The molecule has 100 valence electrons. The molecule has 1 aliphatic rings. The summed E-state index contributed by atoms with van der Waals surface area (Å²) in [6.45, 7) is 9.96. The van der Waals surface area contributed by atoms with Gasteiger partial charge in [-0.05, 0) is 31.1 Å². The second-order valence-corrected chi connectivity index (χ2v) is 5.95. The van der Waals surface area contributed by atoms with E-state index < -0.39 is 0 Å². The van der Waals surface area contributed by atoms with Crippen LogP contribution in [0.1, 0.15) is 37.5 Å². The molecule has 1 heterocycles. The van der Waals surface area contributed by atoms with E-state index in [2.05, 4.69) is 4.99 Å². The third-order valence-electron chi connectivity index (χ3n) is 2.99. The number of aryl methyl sites for hydroxylation is 2. The first-order valence-corrected chi connectivity index (χ1v) is 6.37. The zero-order valence-electron chi connectivity index (χ0n) is 12.1. The van der Waals surface area contributed by atoms with Gasteiger partial charge in [-0.2, -0.15) is 0 Å². The molecule has 2 rings (SSSR count). The SMILES string of the molecule is Cc1ccc(C)c(/C=C2/N=C(C(C)(C)C)OC2=O)c1. The molecule has 0 spiro atoms. The largest absolute Gasteiger partial charge is 0.406 e. The molecule has 0 saturated heterocycles. The lowest BCUT2D eigenvalue weighted by Gasteiger charge is -2.15. The first-order chi connectivity index (χ1) is 8.77. The van der Waals surface area contributed by atoms with Crippen molar-refractivity contribution in [3.63, 3.8) is 0 Å². The van der Waals surface area contributed by atoms with Crippen LogP contribution in [0.4, 0.5) is 0 Å². The highest BCUT2D eigenvalue weighted by Gasteiger charge is 2.31. The lowest BCUT2D eigenvalue weighted by atomic mass is 9.97. The molecule has 0 saturated carbocycles. The van der Waals surface area contributed by atoms with Crippen molar-refractivity contribution in [2.24, 2.45) is 10.4 Å². The van der Waals surface area contributed by atoms with Crippen LogP contribution in [0.2, 0.25) is 0 Å². The van der Waals surface area contributed by atoms with Crippen LogP contribution in [0.15, 0.2) is 28.9 Å². The lowest BCUT2D eigenvalue weighted by Crippen LogP contribution is -2.21. The number of esters is 1. The molecule has 3 nitrogen and oxygen atoms in total. The van der Waals surface area contributed by atoms with Gasteiger partial charge in [-0.1, -0.05) is 44.5 Å². The summed E-state index contributed by atoms with van der Waals surface area (Å²) in [5.74, 6) is 0.111. The number of carbonyl (C=O) groups is 1. The first-order valence-electron chi connectivity index (χ1n) is 6.37. The molecule has 0 fully saturated rings. The summed E-state index contributed by atoms with van der Waals surface area (Å²) in [5, 5.41) is 0. The van der Waals surface area contributed by atoms with Crippen LogP contribution >= 0.6 is 0 Å². The summed E-state index contributed by atoms with van der Waals surface area (Å²) < 4.78 is 5.22. The van der Waals surface area contributed by atoms with Crippen molar-refractivity contribution in [1.29, 1.82) is 0 Å². The van der Waals surface area contributed by atoms with Gasteiger partial charge in [-0.3, -0.25) is 0 Å². The maximum absolute atomic E-state index is 11.8. The van der Waals surface area contributed by atoms with Crippen LogP contribution in [-0.4, -0.2) is 11.9 Å². The minimum atomic E-state index is -0.370. The number of carbonyl (C=O) groups excluding carboxylic acids is 1. The van der Waals surface area contributed by atoms with E-state index in [0.29, 0.717) is 11.6 Å². The standard InChI is InChI=1S/C16H19NO2/c1-10-6-7-11(2)12(8-10)9-13-14(18)19-15(17-13)16(3,4)5/h6-9H,1-5H3/b13-9+. The predicted molar refractivity (Wildman–Crippen MR) is 76.9 cm³/mol. The molecule has 0 amide bonds. The number of benzene rings is 1. The molecule has 0 atom stereocenters. The minimum Gasteiger partial charge on any atom is -0.406 e. The van der Waals surface area contributed by atoms with Crippen molar-refractivity contribution in [2.45, 2.75) is 34.6 Å². The van der Waals surface area contributed by atoms with Crippen molar-refractivity contribution in [3.05, 3.63) is 40.6 Å². The number of rotatable bonds is 1. The number of hydrogen-bond acceptors (Lipinski definition) is 3. The highest BCUT2D eigenvalue weighted by atomic mass is 16.6. The Balaban J connectivity index is 2.41. The Hall–Kier alpha value is -1.90. The van der Waals surface area contributed by atoms with Crippen molar-refractivity contribution in [3.8, 4) is 0 Å². The van der Waals surface area contributed by atoms with Crippen molar-refractivity contribution < 1.29 is 9.53 Å². The highest BCUT2D eigenvalue weighted by molar-refractivity contribution is 6.08. The van der Waals surface area contributed by atoms with Gasteiger partial charge in [-0.15, -0.1) is 0 Å². The monoisotopic (exact) mass is 257 g/mol. The van der Waals surface area contributed by atoms with Gasteiger partial charge in [0.1, 0.15) is 0 Å². The summed E-state index contributed by atoms with van der Waals surface area (Å²) in [4.78, 5) is 16.1. The topological polar surface area (TPSA) is 38.7 Å². The van der Waals surface area contributed by atoms with Gasteiger partial charge in [0.2, 0.25) is 5.90 Å². The fourth-order valence-electron chi connectivity index (χ4n) is 1.79. The summed E-state index contributed by atoms with van der Waals surface area (Å²) in [5.41, 5.74) is 3.39. The Labute approximate surface area is 114 Å². The molecule has 0 unspecified atom stereocenters. The number of nitrogens with zero attached hydrogens (tertiary/aromatic N) is 1. The Bertz CT molecular complexity index is 589. The van der Waals surface area contributed by atoms with Crippen LogP contribution in [-0.2, 0) is 9.53 Å². The van der Waals surface area contributed by atoms with E-state index in [1.54, 1.807) is 6.08 Å². The van der Waals surface area contributed by atoms with Gasteiger partial charge in [0, 0.05) is 5.41 Å². The quantitative estimate of drug-likeness (QED) is 0.569. The van der Waals surface area contributed by atoms with Crippen LogP contribution in [0.3, 0.4) is 0 Å². The van der Waals surface area contributed by atoms with Crippen molar-refractivity contribution in [2.75, 3.05) is 0 Å².